The van der Waals surface area contributed by atoms with Gasteiger partial charge in [0, 0.05) is 30.7 Å². The Balaban J connectivity index is 2.27. The smallest absolute Gasteiger partial charge is 0.259 e. The molecule has 1 amide bonds. The minimum atomic E-state index is -0.409. The minimum Gasteiger partial charge on any atom is -0.384 e. The molecule has 1 aromatic carbocycles. The third-order valence-electron chi connectivity index (χ3n) is 2.80. The molecule has 0 spiro atoms. The van der Waals surface area contributed by atoms with Crippen LogP contribution in [0.2, 0.25) is 0 Å². The molecule has 4 nitrogen and oxygen atoms in total. The molecule has 1 aromatic heterocycles. The predicted octanol–water partition coefficient (Wildman–Crippen LogP) is 1.84. The number of halogens is 1. The van der Waals surface area contributed by atoms with E-state index in [1.54, 1.807) is 19.2 Å². The summed E-state index contributed by atoms with van der Waals surface area (Å²) in [6, 6.07) is 7.35. The summed E-state index contributed by atoms with van der Waals surface area (Å²) >= 11 is 0. The molecule has 1 heterocycles. The highest BCUT2D eigenvalue weighted by atomic mass is 19.1. The molecule has 0 saturated heterocycles. The monoisotopic (exact) mass is 284 g/mol. The number of anilines is 1. The first kappa shape index (κ1) is 14.7. The quantitative estimate of drug-likeness (QED) is 0.856. The van der Waals surface area contributed by atoms with Gasteiger partial charge in [0.15, 0.2) is 0 Å². The van der Waals surface area contributed by atoms with Gasteiger partial charge in [-0.2, -0.15) is 0 Å². The van der Waals surface area contributed by atoms with E-state index >= 15 is 0 Å². The van der Waals surface area contributed by atoms with Crippen molar-refractivity contribution in [1.82, 2.24) is 4.98 Å². The number of aromatic nitrogens is 1. The van der Waals surface area contributed by atoms with Gasteiger partial charge >= 0.3 is 0 Å². The molecule has 106 valence electrons. The Kier molecular flexibility index (Phi) is 4.64. The number of carbonyl (C=O) groups excluding carboxylic acids is 1. The van der Waals surface area contributed by atoms with Crippen molar-refractivity contribution in [2.45, 2.75) is 0 Å². The van der Waals surface area contributed by atoms with Gasteiger partial charge in [-0.3, -0.25) is 9.78 Å². The summed E-state index contributed by atoms with van der Waals surface area (Å²) in [6.07, 6.45) is 2.92. The fourth-order valence-corrected chi connectivity index (χ4v) is 1.76. The number of amides is 1. The summed E-state index contributed by atoms with van der Waals surface area (Å²) in [7, 11) is 1.56. The van der Waals surface area contributed by atoms with Gasteiger partial charge in [-0.05, 0) is 24.3 Å². The van der Waals surface area contributed by atoms with E-state index in [0.717, 1.165) is 0 Å². The highest BCUT2D eigenvalue weighted by molar-refractivity contribution is 6.05. The van der Waals surface area contributed by atoms with Crippen LogP contribution in [0, 0.1) is 17.7 Å². The molecule has 1 N–H and O–H groups in total. The van der Waals surface area contributed by atoms with Crippen LogP contribution in [-0.4, -0.2) is 29.7 Å². The number of carbonyl (C=O) groups is 1. The maximum atomic E-state index is 13.2. The number of hydrogen-bond donors (Lipinski definition) is 1. The normalized spacial score (nSPS) is 9.67. The first-order valence-electron chi connectivity index (χ1n) is 6.20. The summed E-state index contributed by atoms with van der Waals surface area (Å²) in [5.74, 6) is 4.45. The second-order valence-electron chi connectivity index (χ2n) is 4.27. The zero-order chi connectivity index (χ0) is 15.2. The summed E-state index contributed by atoms with van der Waals surface area (Å²) in [5, 5.41) is 8.66. The van der Waals surface area contributed by atoms with Gasteiger partial charge in [-0.15, -0.1) is 0 Å². The number of aliphatic hydroxyl groups is 1. The molecule has 2 rings (SSSR count). The SMILES string of the molecule is CN(C(=O)c1cncc(C#CCO)c1)c1cccc(F)c1. The first-order chi connectivity index (χ1) is 10.1. The highest BCUT2D eigenvalue weighted by Gasteiger charge is 2.14. The number of benzene rings is 1. The van der Waals surface area contributed by atoms with Crippen LogP contribution in [-0.2, 0) is 0 Å². The van der Waals surface area contributed by atoms with E-state index in [9.17, 15) is 9.18 Å². The molecule has 0 bridgehead atoms. The van der Waals surface area contributed by atoms with Crippen LogP contribution in [0.5, 0.6) is 0 Å². The Labute approximate surface area is 121 Å². The molecular formula is C16H13FN2O2. The predicted molar refractivity (Wildman–Crippen MR) is 77.3 cm³/mol. The zero-order valence-electron chi connectivity index (χ0n) is 11.4. The molecule has 5 heteroatoms. The molecule has 0 aliphatic carbocycles. The molecule has 0 aliphatic heterocycles. The molecule has 2 aromatic rings. The van der Waals surface area contributed by atoms with E-state index in [1.165, 1.54) is 35.5 Å². The van der Waals surface area contributed by atoms with E-state index in [2.05, 4.69) is 16.8 Å². The van der Waals surface area contributed by atoms with Crippen molar-refractivity contribution >= 4 is 11.6 Å². The molecule has 21 heavy (non-hydrogen) atoms. The van der Waals surface area contributed by atoms with Crippen LogP contribution in [0.15, 0.2) is 42.7 Å². The van der Waals surface area contributed by atoms with Gasteiger partial charge in [0.1, 0.15) is 12.4 Å². The van der Waals surface area contributed by atoms with Gasteiger partial charge in [-0.25, -0.2) is 4.39 Å². The standard InChI is InChI=1S/C16H13FN2O2/c1-19(15-6-2-5-14(17)9-15)16(21)13-8-12(4-3-7-20)10-18-11-13/h2,5-6,8-11,20H,7H2,1H3. The Hall–Kier alpha value is -2.71. The third-order valence-corrected chi connectivity index (χ3v) is 2.80. The van der Waals surface area contributed by atoms with E-state index < -0.39 is 5.82 Å². The van der Waals surface area contributed by atoms with Gasteiger partial charge in [-0.1, -0.05) is 17.9 Å². The average Bonchev–Trinajstić information content (AvgIpc) is 2.51. The lowest BCUT2D eigenvalue weighted by atomic mass is 10.2. The van der Waals surface area contributed by atoms with Crippen LogP contribution in [0.3, 0.4) is 0 Å². The Morgan fingerprint density at radius 1 is 1.38 bits per heavy atom. The maximum Gasteiger partial charge on any atom is 0.259 e. The van der Waals surface area contributed by atoms with Crippen molar-refractivity contribution in [2.24, 2.45) is 0 Å². The number of pyridine rings is 1. The summed E-state index contributed by atoms with van der Waals surface area (Å²) in [5.41, 5.74) is 1.32. The minimum absolute atomic E-state index is 0.263. The number of nitrogens with zero attached hydrogens (tertiary/aromatic N) is 2. The van der Waals surface area contributed by atoms with Gasteiger partial charge < -0.3 is 10.0 Å². The van der Waals surface area contributed by atoms with Crippen LogP contribution in [0.4, 0.5) is 10.1 Å². The van der Waals surface area contributed by atoms with Crippen molar-refractivity contribution in [3.05, 3.63) is 59.7 Å². The zero-order valence-corrected chi connectivity index (χ0v) is 11.4. The van der Waals surface area contributed by atoms with E-state index in [0.29, 0.717) is 16.8 Å². The van der Waals surface area contributed by atoms with E-state index in [-0.39, 0.29) is 12.5 Å². The van der Waals surface area contributed by atoms with Gasteiger partial charge in [0.2, 0.25) is 0 Å². The molecule has 0 aliphatic rings. The molecular weight excluding hydrogens is 271 g/mol. The van der Waals surface area contributed by atoms with Crippen LogP contribution in [0.25, 0.3) is 0 Å². The maximum absolute atomic E-state index is 13.2. The molecule has 0 radical (unpaired) electrons. The van der Waals surface area contributed by atoms with Crippen molar-refractivity contribution in [3.63, 3.8) is 0 Å². The molecule has 0 fully saturated rings. The summed E-state index contributed by atoms with van der Waals surface area (Å²) < 4.78 is 13.2. The van der Waals surface area contributed by atoms with E-state index in [1.807, 2.05) is 0 Å². The molecule has 0 unspecified atom stereocenters. The largest absolute Gasteiger partial charge is 0.384 e. The third kappa shape index (κ3) is 3.65. The first-order valence-corrected chi connectivity index (χ1v) is 6.20. The van der Waals surface area contributed by atoms with Crippen molar-refractivity contribution in [1.29, 1.82) is 0 Å². The number of aliphatic hydroxyl groups excluding tert-OH is 1. The van der Waals surface area contributed by atoms with Crippen molar-refractivity contribution in [2.75, 3.05) is 18.6 Å². The fraction of sp³-hybridized carbons (Fsp3) is 0.125. The van der Waals surface area contributed by atoms with Gasteiger partial charge in [0.05, 0.1) is 5.56 Å². The highest BCUT2D eigenvalue weighted by Crippen LogP contribution is 2.16. The Bertz CT molecular complexity index is 719. The van der Waals surface area contributed by atoms with Crippen molar-refractivity contribution in [3.8, 4) is 11.8 Å². The van der Waals surface area contributed by atoms with Gasteiger partial charge in [0.25, 0.3) is 5.91 Å². The van der Waals surface area contributed by atoms with Crippen LogP contribution < -0.4 is 4.90 Å². The topological polar surface area (TPSA) is 53.4 Å². The second kappa shape index (κ2) is 6.64. The fourth-order valence-electron chi connectivity index (χ4n) is 1.76. The lowest BCUT2D eigenvalue weighted by molar-refractivity contribution is 0.0992. The number of rotatable bonds is 2. The summed E-state index contributed by atoms with van der Waals surface area (Å²) in [6.45, 7) is -0.263. The lowest BCUT2D eigenvalue weighted by Crippen LogP contribution is -2.26. The number of hydrogen-bond acceptors (Lipinski definition) is 3. The van der Waals surface area contributed by atoms with E-state index in [4.69, 9.17) is 5.11 Å². The molecule has 0 atom stereocenters. The van der Waals surface area contributed by atoms with Crippen LogP contribution in [0.1, 0.15) is 15.9 Å². The average molecular weight is 284 g/mol. The summed E-state index contributed by atoms with van der Waals surface area (Å²) in [4.78, 5) is 17.6. The van der Waals surface area contributed by atoms with Crippen molar-refractivity contribution < 1.29 is 14.3 Å². The Morgan fingerprint density at radius 3 is 2.90 bits per heavy atom. The molecule has 0 saturated carbocycles. The lowest BCUT2D eigenvalue weighted by Gasteiger charge is -2.17. The Morgan fingerprint density at radius 2 is 2.19 bits per heavy atom. The van der Waals surface area contributed by atoms with Crippen LogP contribution >= 0.6 is 0 Å². The second-order valence-corrected chi connectivity index (χ2v) is 4.27.